The first-order valence-corrected chi connectivity index (χ1v) is 11.7. The fraction of sp³-hybridized carbons (Fsp3) is 0.370. The van der Waals surface area contributed by atoms with Gasteiger partial charge in [-0.1, -0.05) is 31.5 Å². The summed E-state index contributed by atoms with van der Waals surface area (Å²) in [6.07, 6.45) is 4.72. The summed E-state index contributed by atoms with van der Waals surface area (Å²) >= 11 is 0. The van der Waals surface area contributed by atoms with Crippen molar-refractivity contribution in [3.63, 3.8) is 0 Å². The van der Waals surface area contributed by atoms with E-state index in [4.69, 9.17) is 14.2 Å². The van der Waals surface area contributed by atoms with Crippen molar-refractivity contribution < 1.29 is 23.8 Å². The number of methoxy groups -OCH3 is 1. The first-order valence-electron chi connectivity index (χ1n) is 11.7. The van der Waals surface area contributed by atoms with Crippen LogP contribution in [0.1, 0.15) is 30.9 Å². The van der Waals surface area contributed by atoms with Crippen LogP contribution in [0, 0.1) is 11.3 Å². The maximum atomic E-state index is 12.6. The van der Waals surface area contributed by atoms with E-state index in [0.717, 1.165) is 19.3 Å². The van der Waals surface area contributed by atoms with Crippen LogP contribution in [0.3, 0.4) is 0 Å². The maximum absolute atomic E-state index is 12.6. The topological polar surface area (TPSA) is 101 Å². The van der Waals surface area contributed by atoms with Gasteiger partial charge in [-0.3, -0.25) is 9.59 Å². The Morgan fingerprint density at radius 1 is 1.14 bits per heavy atom. The molecule has 0 aliphatic carbocycles. The van der Waals surface area contributed by atoms with Gasteiger partial charge in [0.25, 0.3) is 11.8 Å². The van der Waals surface area contributed by atoms with E-state index in [1.54, 1.807) is 23.1 Å². The number of carbonyl (C=O) groups is 2. The van der Waals surface area contributed by atoms with Gasteiger partial charge in [-0.2, -0.15) is 5.26 Å². The Labute approximate surface area is 206 Å². The number of ether oxygens (including phenoxy) is 3. The SMILES string of the molecule is CCCCc1ccc(NC(=O)/C(C#N)=C/c2ccc(OCC(=O)N3CCOCC3)c(OC)c2)cc1. The Kier molecular flexibility index (Phi) is 9.69. The van der Waals surface area contributed by atoms with Crippen molar-refractivity contribution in [2.24, 2.45) is 0 Å². The van der Waals surface area contributed by atoms with Gasteiger partial charge < -0.3 is 24.4 Å². The molecule has 2 aromatic carbocycles. The molecule has 0 spiro atoms. The molecule has 2 aromatic rings. The summed E-state index contributed by atoms with van der Waals surface area (Å²) in [5.74, 6) is 0.177. The Balaban J connectivity index is 1.64. The predicted octanol–water partition coefficient (Wildman–Crippen LogP) is 3.82. The molecule has 0 unspecified atom stereocenters. The number of nitriles is 1. The van der Waals surface area contributed by atoms with E-state index in [9.17, 15) is 14.9 Å². The van der Waals surface area contributed by atoms with E-state index in [1.165, 1.54) is 18.7 Å². The van der Waals surface area contributed by atoms with Crippen LogP contribution >= 0.6 is 0 Å². The van der Waals surface area contributed by atoms with Crippen molar-refractivity contribution in [3.8, 4) is 17.6 Å². The zero-order chi connectivity index (χ0) is 25.0. The van der Waals surface area contributed by atoms with Crippen LogP contribution < -0.4 is 14.8 Å². The van der Waals surface area contributed by atoms with Gasteiger partial charge in [0.05, 0.1) is 20.3 Å². The zero-order valence-electron chi connectivity index (χ0n) is 20.2. The van der Waals surface area contributed by atoms with Gasteiger partial charge in [-0.25, -0.2) is 0 Å². The number of rotatable bonds is 10. The van der Waals surface area contributed by atoms with Crippen molar-refractivity contribution >= 4 is 23.6 Å². The lowest BCUT2D eigenvalue weighted by Gasteiger charge is -2.26. The number of nitrogens with zero attached hydrogens (tertiary/aromatic N) is 2. The van der Waals surface area contributed by atoms with Crippen LogP contribution in [0.4, 0.5) is 5.69 Å². The van der Waals surface area contributed by atoms with Crippen LogP contribution in [-0.4, -0.2) is 56.7 Å². The third kappa shape index (κ3) is 7.59. The third-order valence-corrected chi connectivity index (χ3v) is 5.61. The number of hydrogen-bond acceptors (Lipinski definition) is 6. The van der Waals surface area contributed by atoms with Crippen molar-refractivity contribution in [3.05, 3.63) is 59.2 Å². The highest BCUT2D eigenvalue weighted by atomic mass is 16.5. The molecule has 1 saturated heterocycles. The Morgan fingerprint density at radius 3 is 2.54 bits per heavy atom. The summed E-state index contributed by atoms with van der Waals surface area (Å²) in [4.78, 5) is 26.7. The lowest BCUT2D eigenvalue weighted by atomic mass is 10.1. The number of anilines is 1. The molecule has 8 nitrogen and oxygen atoms in total. The minimum absolute atomic E-state index is 0.0433. The molecule has 0 atom stereocenters. The summed E-state index contributed by atoms with van der Waals surface area (Å²) in [5.41, 5.74) is 2.39. The number of benzene rings is 2. The quantitative estimate of drug-likeness (QED) is 0.412. The highest BCUT2D eigenvalue weighted by Crippen LogP contribution is 2.29. The zero-order valence-corrected chi connectivity index (χ0v) is 20.2. The van der Waals surface area contributed by atoms with Gasteiger partial charge in [0.1, 0.15) is 11.6 Å². The maximum Gasteiger partial charge on any atom is 0.266 e. The number of aryl methyl sites for hydroxylation is 1. The van der Waals surface area contributed by atoms with Gasteiger partial charge >= 0.3 is 0 Å². The molecular formula is C27H31N3O5. The summed E-state index contributed by atoms with van der Waals surface area (Å²) < 4.78 is 16.3. The minimum Gasteiger partial charge on any atom is -0.493 e. The monoisotopic (exact) mass is 477 g/mol. The number of nitrogens with one attached hydrogen (secondary N) is 1. The van der Waals surface area contributed by atoms with Crippen LogP contribution in [0.5, 0.6) is 11.5 Å². The first kappa shape index (κ1) is 25.8. The van der Waals surface area contributed by atoms with Crippen LogP contribution in [-0.2, 0) is 20.7 Å². The number of amides is 2. The Hall–Kier alpha value is -3.83. The summed E-state index contributed by atoms with van der Waals surface area (Å²) in [7, 11) is 1.49. The largest absolute Gasteiger partial charge is 0.493 e. The molecule has 1 aliphatic rings. The van der Waals surface area contributed by atoms with E-state index in [-0.39, 0.29) is 18.1 Å². The minimum atomic E-state index is -0.496. The Bertz CT molecular complexity index is 1080. The number of hydrogen-bond donors (Lipinski definition) is 1. The van der Waals surface area contributed by atoms with Crippen LogP contribution in [0.2, 0.25) is 0 Å². The molecular weight excluding hydrogens is 446 g/mol. The number of unbranched alkanes of at least 4 members (excludes halogenated alkanes) is 1. The second-order valence-electron chi connectivity index (χ2n) is 8.12. The average Bonchev–Trinajstić information content (AvgIpc) is 2.90. The molecule has 0 bridgehead atoms. The molecule has 184 valence electrons. The number of morpholine rings is 1. The fourth-order valence-electron chi connectivity index (χ4n) is 3.59. The smallest absolute Gasteiger partial charge is 0.266 e. The highest BCUT2D eigenvalue weighted by molar-refractivity contribution is 6.09. The average molecular weight is 478 g/mol. The molecule has 1 heterocycles. The van der Waals surface area contributed by atoms with E-state index >= 15 is 0 Å². The number of carbonyl (C=O) groups excluding carboxylic acids is 2. The molecule has 2 amide bonds. The molecule has 1 N–H and O–H groups in total. The fourth-order valence-corrected chi connectivity index (χ4v) is 3.59. The molecule has 1 fully saturated rings. The summed E-state index contributed by atoms with van der Waals surface area (Å²) in [5, 5.41) is 12.3. The molecule has 8 heteroatoms. The van der Waals surface area contributed by atoms with E-state index in [1.807, 2.05) is 30.3 Å². The predicted molar refractivity (Wildman–Crippen MR) is 133 cm³/mol. The summed E-state index contributed by atoms with van der Waals surface area (Å²) in [6, 6.07) is 14.6. The van der Waals surface area contributed by atoms with Crippen molar-refractivity contribution in [2.75, 3.05) is 45.3 Å². The molecule has 0 radical (unpaired) electrons. The van der Waals surface area contributed by atoms with E-state index < -0.39 is 5.91 Å². The van der Waals surface area contributed by atoms with Gasteiger partial charge in [-0.15, -0.1) is 0 Å². The standard InChI is InChI=1S/C27H31N3O5/c1-3-4-5-20-6-9-23(10-7-20)29-27(32)22(18-28)16-21-8-11-24(25(17-21)33-2)35-19-26(31)30-12-14-34-15-13-30/h6-11,16-17H,3-5,12-15,19H2,1-2H3,(H,29,32)/b22-16+. The van der Waals surface area contributed by atoms with Gasteiger partial charge in [0.15, 0.2) is 18.1 Å². The van der Waals surface area contributed by atoms with Crippen LogP contribution in [0.15, 0.2) is 48.0 Å². The van der Waals surface area contributed by atoms with Crippen molar-refractivity contribution in [2.45, 2.75) is 26.2 Å². The molecule has 0 saturated carbocycles. The Morgan fingerprint density at radius 2 is 1.89 bits per heavy atom. The summed E-state index contributed by atoms with van der Waals surface area (Å²) in [6.45, 7) is 4.17. The molecule has 35 heavy (non-hydrogen) atoms. The molecule has 3 rings (SSSR count). The second-order valence-corrected chi connectivity index (χ2v) is 8.12. The van der Waals surface area contributed by atoms with E-state index in [2.05, 4.69) is 12.2 Å². The highest BCUT2D eigenvalue weighted by Gasteiger charge is 2.18. The van der Waals surface area contributed by atoms with Gasteiger partial charge in [0, 0.05) is 18.8 Å². The van der Waals surface area contributed by atoms with Crippen LogP contribution in [0.25, 0.3) is 6.08 Å². The van der Waals surface area contributed by atoms with Gasteiger partial charge in [0.2, 0.25) is 0 Å². The molecule has 0 aromatic heterocycles. The van der Waals surface area contributed by atoms with Crippen molar-refractivity contribution in [1.29, 1.82) is 5.26 Å². The second kappa shape index (κ2) is 13.2. The first-order chi connectivity index (χ1) is 17.0. The van der Waals surface area contributed by atoms with E-state index in [0.29, 0.717) is 49.1 Å². The third-order valence-electron chi connectivity index (χ3n) is 5.61. The lowest BCUT2D eigenvalue weighted by Crippen LogP contribution is -2.43. The van der Waals surface area contributed by atoms with Gasteiger partial charge in [-0.05, 0) is 54.3 Å². The lowest BCUT2D eigenvalue weighted by molar-refractivity contribution is -0.137. The van der Waals surface area contributed by atoms with Crippen molar-refractivity contribution in [1.82, 2.24) is 4.90 Å². The normalized spacial score (nSPS) is 13.6. The molecule has 1 aliphatic heterocycles.